The minimum absolute atomic E-state index is 0.198. The Morgan fingerprint density at radius 1 is 1.25 bits per heavy atom. The smallest absolute Gasteiger partial charge is 0.0611 e. The number of pyridine rings is 1. The van der Waals surface area contributed by atoms with E-state index in [1.54, 1.807) is 0 Å². The summed E-state index contributed by atoms with van der Waals surface area (Å²) < 4.78 is 2.02. The highest BCUT2D eigenvalue weighted by Gasteiger charge is 2.17. The molecule has 0 saturated heterocycles. The zero-order valence-electron chi connectivity index (χ0n) is 12.6. The van der Waals surface area contributed by atoms with Gasteiger partial charge in [-0.05, 0) is 36.6 Å². The van der Waals surface area contributed by atoms with Gasteiger partial charge in [-0.2, -0.15) is 5.10 Å². The standard InChI is InChI=1S/C16H24N4/c1-4-9-20-12-14(11-19-20)16(18-6-3)15-7-8-17-10-13(15)5-2/h7-8,10-12,16,18H,4-6,9H2,1-3H3. The summed E-state index contributed by atoms with van der Waals surface area (Å²) in [6.45, 7) is 8.37. The van der Waals surface area contributed by atoms with Crippen LogP contribution in [0.5, 0.6) is 0 Å². The average molecular weight is 272 g/mol. The van der Waals surface area contributed by atoms with Crippen LogP contribution in [0.15, 0.2) is 30.9 Å². The quantitative estimate of drug-likeness (QED) is 0.842. The molecule has 2 aromatic rings. The molecular weight excluding hydrogens is 248 g/mol. The molecule has 0 amide bonds. The van der Waals surface area contributed by atoms with Crippen molar-refractivity contribution < 1.29 is 0 Å². The first kappa shape index (κ1) is 14.7. The van der Waals surface area contributed by atoms with Crippen LogP contribution in [-0.2, 0) is 13.0 Å². The lowest BCUT2D eigenvalue weighted by atomic mass is 9.97. The van der Waals surface area contributed by atoms with Gasteiger partial charge < -0.3 is 5.32 Å². The van der Waals surface area contributed by atoms with Crippen molar-refractivity contribution in [1.82, 2.24) is 20.1 Å². The third-order valence-corrected chi connectivity index (χ3v) is 3.48. The van der Waals surface area contributed by atoms with Gasteiger partial charge in [0, 0.05) is 30.7 Å². The van der Waals surface area contributed by atoms with Crippen LogP contribution in [0.2, 0.25) is 0 Å². The van der Waals surface area contributed by atoms with Crippen molar-refractivity contribution >= 4 is 0 Å². The maximum Gasteiger partial charge on any atom is 0.0611 e. The van der Waals surface area contributed by atoms with Gasteiger partial charge >= 0.3 is 0 Å². The first-order chi connectivity index (χ1) is 9.80. The van der Waals surface area contributed by atoms with Crippen LogP contribution in [-0.4, -0.2) is 21.3 Å². The Morgan fingerprint density at radius 2 is 2.10 bits per heavy atom. The Labute approximate surface area is 121 Å². The van der Waals surface area contributed by atoms with E-state index in [1.165, 1.54) is 16.7 Å². The minimum Gasteiger partial charge on any atom is -0.306 e. The van der Waals surface area contributed by atoms with Crippen molar-refractivity contribution in [2.24, 2.45) is 0 Å². The molecular formula is C16H24N4. The monoisotopic (exact) mass is 272 g/mol. The van der Waals surface area contributed by atoms with E-state index in [4.69, 9.17) is 0 Å². The summed E-state index contributed by atoms with van der Waals surface area (Å²) in [5.74, 6) is 0. The summed E-state index contributed by atoms with van der Waals surface area (Å²) in [5.41, 5.74) is 3.82. The molecule has 0 aliphatic rings. The van der Waals surface area contributed by atoms with E-state index in [1.807, 2.05) is 23.3 Å². The lowest BCUT2D eigenvalue weighted by molar-refractivity contribution is 0.596. The van der Waals surface area contributed by atoms with E-state index in [9.17, 15) is 0 Å². The molecule has 20 heavy (non-hydrogen) atoms. The maximum atomic E-state index is 4.45. The Kier molecular flexibility index (Phi) is 5.30. The van der Waals surface area contributed by atoms with Gasteiger partial charge in [0.1, 0.15) is 0 Å². The van der Waals surface area contributed by atoms with Crippen molar-refractivity contribution in [3.8, 4) is 0 Å². The zero-order valence-corrected chi connectivity index (χ0v) is 12.6. The second kappa shape index (κ2) is 7.20. The summed E-state index contributed by atoms with van der Waals surface area (Å²) in [6.07, 6.45) is 10.1. The fraction of sp³-hybridized carbons (Fsp3) is 0.500. The lowest BCUT2D eigenvalue weighted by Crippen LogP contribution is -2.23. The van der Waals surface area contributed by atoms with Crippen LogP contribution in [0.1, 0.15) is 49.9 Å². The van der Waals surface area contributed by atoms with Crippen molar-refractivity contribution in [3.05, 3.63) is 47.5 Å². The normalized spacial score (nSPS) is 12.6. The van der Waals surface area contributed by atoms with E-state index < -0.39 is 0 Å². The zero-order chi connectivity index (χ0) is 14.4. The highest BCUT2D eigenvalue weighted by molar-refractivity contribution is 5.34. The summed E-state index contributed by atoms with van der Waals surface area (Å²) >= 11 is 0. The van der Waals surface area contributed by atoms with Gasteiger partial charge in [-0.25, -0.2) is 0 Å². The lowest BCUT2D eigenvalue weighted by Gasteiger charge is -2.19. The van der Waals surface area contributed by atoms with Gasteiger partial charge in [0.05, 0.1) is 12.2 Å². The maximum absolute atomic E-state index is 4.45. The topological polar surface area (TPSA) is 42.7 Å². The molecule has 0 fully saturated rings. The summed E-state index contributed by atoms with van der Waals surface area (Å²) in [5, 5.41) is 8.02. The van der Waals surface area contributed by atoms with Crippen LogP contribution in [0.4, 0.5) is 0 Å². The molecule has 0 aliphatic carbocycles. The van der Waals surface area contributed by atoms with Crippen LogP contribution in [0.3, 0.4) is 0 Å². The van der Waals surface area contributed by atoms with Crippen molar-refractivity contribution in [3.63, 3.8) is 0 Å². The van der Waals surface area contributed by atoms with E-state index >= 15 is 0 Å². The molecule has 108 valence electrons. The highest BCUT2D eigenvalue weighted by atomic mass is 15.3. The number of aryl methyl sites for hydroxylation is 2. The third-order valence-electron chi connectivity index (χ3n) is 3.48. The van der Waals surface area contributed by atoms with Gasteiger partial charge in [0.25, 0.3) is 0 Å². The molecule has 0 aliphatic heterocycles. The Hall–Kier alpha value is -1.68. The van der Waals surface area contributed by atoms with E-state index in [2.05, 4.69) is 48.4 Å². The Balaban J connectivity index is 2.34. The van der Waals surface area contributed by atoms with E-state index in [-0.39, 0.29) is 6.04 Å². The van der Waals surface area contributed by atoms with E-state index in [0.717, 1.165) is 25.9 Å². The molecule has 2 heterocycles. The predicted molar refractivity (Wildman–Crippen MR) is 81.7 cm³/mol. The highest BCUT2D eigenvalue weighted by Crippen LogP contribution is 2.24. The molecule has 1 N–H and O–H groups in total. The van der Waals surface area contributed by atoms with E-state index in [0.29, 0.717) is 0 Å². The molecule has 4 nitrogen and oxygen atoms in total. The fourth-order valence-corrected chi connectivity index (χ4v) is 2.51. The number of aromatic nitrogens is 3. The van der Waals surface area contributed by atoms with Gasteiger partial charge in [0.2, 0.25) is 0 Å². The van der Waals surface area contributed by atoms with Gasteiger partial charge in [0.15, 0.2) is 0 Å². The van der Waals surface area contributed by atoms with Crippen LogP contribution in [0, 0.1) is 0 Å². The molecule has 2 rings (SSSR count). The van der Waals surface area contributed by atoms with Gasteiger partial charge in [-0.3, -0.25) is 9.67 Å². The van der Waals surface area contributed by atoms with Crippen molar-refractivity contribution in [2.75, 3.05) is 6.54 Å². The molecule has 0 bridgehead atoms. The number of nitrogens with zero attached hydrogens (tertiary/aromatic N) is 3. The SMILES string of the molecule is CCCn1cc(C(NCC)c2ccncc2CC)cn1. The molecule has 0 aromatic carbocycles. The number of nitrogens with one attached hydrogen (secondary N) is 1. The summed E-state index contributed by atoms with van der Waals surface area (Å²) in [6, 6.07) is 2.31. The number of rotatable bonds is 7. The molecule has 4 heteroatoms. The Bertz CT molecular complexity index is 533. The average Bonchev–Trinajstić information content (AvgIpc) is 2.93. The van der Waals surface area contributed by atoms with Crippen LogP contribution < -0.4 is 5.32 Å². The second-order valence-corrected chi connectivity index (χ2v) is 4.96. The summed E-state index contributed by atoms with van der Waals surface area (Å²) in [4.78, 5) is 4.24. The number of hydrogen-bond acceptors (Lipinski definition) is 3. The third kappa shape index (κ3) is 3.25. The van der Waals surface area contributed by atoms with Gasteiger partial charge in [-0.1, -0.05) is 20.8 Å². The first-order valence-electron chi connectivity index (χ1n) is 7.48. The first-order valence-corrected chi connectivity index (χ1v) is 7.48. The minimum atomic E-state index is 0.198. The second-order valence-electron chi connectivity index (χ2n) is 4.96. The molecule has 2 aromatic heterocycles. The predicted octanol–water partition coefficient (Wildman–Crippen LogP) is 2.95. The van der Waals surface area contributed by atoms with Crippen molar-refractivity contribution in [2.45, 2.75) is 46.2 Å². The van der Waals surface area contributed by atoms with Crippen molar-refractivity contribution in [1.29, 1.82) is 0 Å². The van der Waals surface area contributed by atoms with Crippen LogP contribution >= 0.6 is 0 Å². The number of hydrogen-bond donors (Lipinski definition) is 1. The molecule has 1 unspecified atom stereocenters. The molecule has 0 spiro atoms. The van der Waals surface area contributed by atoms with Crippen LogP contribution in [0.25, 0.3) is 0 Å². The largest absolute Gasteiger partial charge is 0.306 e. The fourth-order valence-electron chi connectivity index (χ4n) is 2.51. The summed E-state index contributed by atoms with van der Waals surface area (Å²) in [7, 11) is 0. The molecule has 0 saturated carbocycles. The Morgan fingerprint density at radius 3 is 2.80 bits per heavy atom. The van der Waals surface area contributed by atoms with Gasteiger partial charge in [-0.15, -0.1) is 0 Å². The molecule has 0 radical (unpaired) electrons. The molecule has 1 atom stereocenters.